The second kappa shape index (κ2) is 5.70. The number of aromatic nitrogens is 2. The highest BCUT2D eigenvalue weighted by molar-refractivity contribution is 9.10. The predicted octanol–water partition coefficient (Wildman–Crippen LogP) is 4.46. The molecule has 2 aromatic heterocycles. The minimum absolute atomic E-state index is 0.342. The van der Waals surface area contributed by atoms with Gasteiger partial charge in [-0.3, -0.25) is 4.98 Å². The summed E-state index contributed by atoms with van der Waals surface area (Å²) in [5, 5.41) is 13.0. The molecule has 0 spiro atoms. The van der Waals surface area contributed by atoms with Crippen LogP contribution in [0.25, 0.3) is 10.9 Å². The summed E-state index contributed by atoms with van der Waals surface area (Å²) < 4.78 is 14.4. The lowest BCUT2D eigenvalue weighted by molar-refractivity contribution is 0.586. The van der Waals surface area contributed by atoms with Crippen LogP contribution in [-0.2, 0) is 0 Å². The molecule has 1 aromatic carbocycles. The highest BCUT2D eigenvalue weighted by Gasteiger charge is 2.11. The summed E-state index contributed by atoms with van der Waals surface area (Å²) in [4.78, 5) is 7.72. The van der Waals surface area contributed by atoms with Crippen LogP contribution in [0.5, 0.6) is 0 Å². The van der Waals surface area contributed by atoms with Crippen LogP contribution in [0.1, 0.15) is 11.1 Å². The Hall–Kier alpha value is -2.52. The van der Waals surface area contributed by atoms with E-state index in [1.807, 2.05) is 25.1 Å². The molecule has 0 fully saturated rings. The number of nitriles is 1. The molecule has 6 heteroatoms. The van der Waals surface area contributed by atoms with E-state index in [1.54, 1.807) is 0 Å². The number of hydrogen-bond acceptors (Lipinski definition) is 4. The molecule has 0 saturated heterocycles. The fourth-order valence-electron chi connectivity index (χ4n) is 2.10. The van der Waals surface area contributed by atoms with Crippen molar-refractivity contribution in [3.63, 3.8) is 0 Å². The molecule has 0 aliphatic rings. The number of aryl methyl sites for hydroxylation is 1. The normalized spacial score (nSPS) is 10.5. The summed E-state index contributed by atoms with van der Waals surface area (Å²) >= 11 is 3.47. The van der Waals surface area contributed by atoms with Gasteiger partial charge in [0.25, 0.3) is 0 Å². The molecular weight excluding hydrogens is 347 g/mol. The van der Waals surface area contributed by atoms with E-state index in [0.29, 0.717) is 22.2 Å². The Morgan fingerprint density at radius 2 is 2.05 bits per heavy atom. The topological polar surface area (TPSA) is 61.6 Å². The van der Waals surface area contributed by atoms with Gasteiger partial charge in [0, 0.05) is 27.8 Å². The summed E-state index contributed by atoms with van der Waals surface area (Å²) in [6.07, 6.45) is 2.80. The fourth-order valence-corrected chi connectivity index (χ4v) is 2.48. The molecule has 0 unspecified atom stereocenters. The average Bonchev–Trinajstić information content (AvgIpc) is 2.51. The molecule has 0 aliphatic carbocycles. The van der Waals surface area contributed by atoms with E-state index in [9.17, 15) is 9.65 Å². The van der Waals surface area contributed by atoms with Crippen LogP contribution >= 0.6 is 15.9 Å². The standard InChI is InChI=1S/C16H10BrFN4/c1-9-2-3-11(4-13(9)17)22-16-10(6-19)7-20-14-8-21-15(18)5-12(14)16/h2-5,7-8H,1H3,(H,20,22). The molecule has 0 amide bonds. The molecule has 0 atom stereocenters. The van der Waals surface area contributed by atoms with Gasteiger partial charge in [0.2, 0.25) is 5.95 Å². The van der Waals surface area contributed by atoms with Crippen molar-refractivity contribution in [1.82, 2.24) is 9.97 Å². The van der Waals surface area contributed by atoms with Gasteiger partial charge in [-0.25, -0.2) is 4.98 Å². The van der Waals surface area contributed by atoms with Gasteiger partial charge in [0.1, 0.15) is 6.07 Å². The summed E-state index contributed by atoms with van der Waals surface area (Å²) in [6.45, 7) is 1.98. The average molecular weight is 357 g/mol. The van der Waals surface area contributed by atoms with Crippen LogP contribution in [0.4, 0.5) is 15.8 Å². The molecule has 3 aromatic rings. The van der Waals surface area contributed by atoms with Crippen molar-refractivity contribution < 1.29 is 4.39 Å². The molecule has 3 rings (SSSR count). The first kappa shape index (κ1) is 14.4. The number of anilines is 2. The van der Waals surface area contributed by atoms with Crippen LogP contribution in [0.15, 0.2) is 41.1 Å². The Labute approximate surface area is 134 Å². The molecule has 0 bridgehead atoms. The van der Waals surface area contributed by atoms with Crippen molar-refractivity contribution in [3.05, 3.63) is 58.2 Å². The predicted molar refractivity (Wildman–Crippen MR) is 86.4 cm³/mol. The van der Waals surface area contributed by atoms with Crippen molar-refractivity contribution in [2.45, 2.75) is 6.92 Å². The van der Waals surface area contributed by atoms with E-state index in [0.717, 1.165) is 15.7 Å². The van der Waals surface area contributed by atoms with Gasteiger partial charge in [0.15, 0.2) is 0 Å². The summed E-state index contributed by atoms with van der Waals surface area (Å²) in [6, 6.07) is 9.09. The van der Waals surface area contributed by atoms with Crippen LogP contribution in [0, 0.1) is 24.2 Å². The third-order valence-corrected chi connectivity index (χ3v) is 4.14. The molecule has 0 aliphatic heterocycles. The number of fused-ring (bicyclic) bond motifs is 1. The first-order valence-electron chi connectivity index (χ1n) is 6.46. The zero-order valence-corrected chi connectivity index (χ0v) is 13.1. The largest absolute Gasteiger partial charge is 0.354 e. The van der Waals surface area contributed by atoms with Gasteiger partial charge >= 0.3 is 0 Å². The smallest absolute Gasteiger partial charge is 0.213 e. The van der Waals surface area contributed by atoms with E-state index in [1.165, 1.54) is 18.5 Å². The van der Waals surface area contributed by atoms with Crippen molar-refractivity contribution in [2.75, 3.05) is 5.32 Å². The number of hydrogen-bond donors (Lipinski definition) is 1. The summed E-state index contributed by atoms with van der Waals surface area (Å²) in [5.74, 6) is -0.613. The molecule has 2 heterocycles. The van der Waals surface area contributed by atoms with E-state index in [2.05, 4.69) is 37.3 Å². The van der Waals surface area contributed by atoms with Crippen molar-refractivity contribution in [2.24, 2.45) is 0 Å². The van der Waals surface area contributed by atoms with Crippen molar-refractivity contribution in [3.8, 4) is 6.07 Å². The SMILES string of the molecule is Cc1ccc(Nc2c(C#N)cnc3cnc(F)cc23)cc1Br. The molecule has 1 N–H and O–H groups in total. The molecule has 0 radical (unpaired) electrons. The number of halogens is 2. The minimum Gasteiger partial charge on any atom is -0.354 e. The Bertz CT molecular complexity index is 918. The van der Waals surface area contributed by atoms with Gasteiger partial charge in [-0.15, -0.1) is 0 Å². The molecule has 22 heavy (non-hydrogen) atoms. The lowest BCUT2D eigenvalue weighted by Gasteiger charge is -2.12. The first-order chi connectivity index (χ1) is 10.6. The Morgan fingerprint density at radius 3 is 2.77 bits per heavy atom. The second-order valence-corrected chi connectivity index (χ2v) is 5.63. The van der Waals surface area contributed by atoms with Gasteiger partial charge in [-0.1, -0.05) is 22.0 Å². The third-order valence-electron chi connectivity index (χ3n) is 3.28. The van der Waals surface area contributed by atoms with Crippen molar-refractivity contribution >= 4 is 38.2 Å². The zero-order chi connectivity index (χ0) is 15.7. The van der Waals surface area contributed by atoms with E-state index < -0.39 is 5.95 Å². The Morgan fingerprint density at radius 1 is 1.23 bits per heavy atom. The number of nitrogens with zero attached hydrogens (tertiary/aromatic N) is 3. The van der Waals surface area contributed by atoms with Gasteiger partial charge in [0.05, 0.1) is 23.0 Å². The highest BCUT2D eigenvalue weighted by Crippen LogP contribution is 2.30. The van der Waals surface area contributed by atoms with Gasteiger partial charge < -0.3 is 5.32 Å². The maximum absolute atomic E-state index is 13.5. The quantitative estimate of drug-likeness (QED) is 0.688. The lowest BCUT2D eigenvalue weighted by Crippen LogP contribution is -1.98. The van der Waals surface area contributed by atoms with Crippen LogP contribution in [0.2, 0.25) is 0 Å². The molecule has 108 valence electrons. The van der Waals surface area contributed by atoms with E-state index >= 15 is 0 Å². The lowest BCUT2D eigenvalue weighted by atomic mass is 10.1. The van der Waals surface area contributed by atoms with Crippen LogP contribution in [-0.4, -0.2) is 9.97 Å². The number of nitrogens with one attached hydrogen (secondary N) is 1. The maximum atomic E-state index is 13.5. The number of rotatable bonds is 2. The van der Waals surface area contributed by atoms with Crippen LogP contribution in [0.3, 0.4) is 0 Å². The Kier molecular flexibility index (Phi) is 3.73. The monoisotopic (exact) mass is 356 g/mol. The number of benzene rings is 1. The molecule has 0 saturated carbocycles. The fraction of sp³-hybridized carbons (Fsp3) is 0.0625. The molecular formula is C16H10BrFN4. The minimum atomic E-state index is -0.613. The van der Waals surface area contributed by atoms with Gasteiger partial charge in [-0.2, -0.15) is 9.65 Å². The van der Waals surface area contributed by atoms with Crippen LogP contribution < -0.4 is 5.32 Å². The number of pyridine rings is 2. The summed E-state index contributed by atoms with van der Waals surface area (Å²) in [5.41, 5.74) is 3.27. The van der Waals surface area contributed by atoms with E-state index in [4.69, 9.17) is 0 Å². The third kappa shape index (κ3) is 2.63. The molecule has 4 nitrogen and oxygen atoms in total. The zero-order valence-electron chi connectivity index (χ0n) is 11.6. The Balaban J connectivity index is 2.17. The van der Waals surface area contributed by atoms with Crippen molar-refractivity contribution in [1.29, 1.82) is 5.26 Å². The highest BCUT2D eigenvalue weighted by atomic mass is 79.9. The summed E-state index contributed by atoms with van der Waals surface area (Å²) in [7, 11) is 0. The van der Waals surface area contributed by atoms with E-state index in [-0.39, 0.29) is 0 Å². The van der Waals surface area contributed by atoms with Gasteiger partial charge in [-0.05, 0) is 24.6 Å². The first-order valence-corrected chi connectivity index (χ1v) is 7.25. The second-order valence-electron chi connectivity index (χ2n) is 4.77. The maximum Gasteiger partial charge on any atom is 0.213 e.